The van der Waals surface area contributed by atoms with Crippen molar-refractivity contribution < 1.29 is 14.4 Å². The molecular formula is C12H14N2O3. The molecule has 2 rings (SSSR count). The zero-order valence-electron chi connectivity index (χ0n) is 9.60. The van der Waals surface area contributed by atoms with Crippen molar-refractivity contribution in [3.05, 3.63) is 29.8 Å². The van der Waals surface area contributed by atoms with Crippen molar-refractivity contribution in [1.82, 2.24) is 5.48 Å². The van der Waals surface area contributed by atoms with Crippen molar-refractivity contribution in [2.24, 2.45) is 0 Å². The predicted molar refractivity (Wildman–Crippen MR) is 62.5 cm³/mol. The Morgan fingerprint density at radius 2 is 2.06 bits per heavy atom. The normalized spacial score (nSPS) is 15.1. The summed E-state index contributed by atoms with van der Waals surface area (Å²) >= 11 is 0. The van der Waals surface area contributed by atoms with Gasteiger partial charge < -0.3 is 4.90 Å². The number of carbonyl (C=O) groups is 2. The SMILES string of the molecule is CONC(=O)c1ccc(N2CCCC2=O)cc1. The molecule has 0 saturated carbocycles. The van der Waals surface area contributed by atoms with Gasteiger partial charge in [-0.2, -0.15) is 0 Å². The van der Waals surface area contributed by atoms with E-state index in [4.69, 9.17) is 0 Å². The quantitative estimate of drug-likeness (QED) is 0.797. The minimum atomic E-state index is -0.299. The van der Waals surface area contributed by atoms with Crippen LogP contribution in [-0.2, 0) is 9.63 Å². The van der Waals surface area contributed by atoms with E-state index in [1.54, 1.807) is 29.2 Å². The van der Waals surface area contributed by atoms with Gasteiger partial charge in [-0.1, -0.05) is 0 Å². The predicted octanol–water partition coefficient (Wildman–Crippen LogP) is 1.10. The second kappa shape index (κ2) is 4.97. The minimum Gasteiger partial charge on any atom is -0.312 e. The fourth-order valence-electron chi connectivity index (χ4n) is 1.87. The molecule has 1 aliphatic rings. The van der Waals surface area contributed by atoms with E-state index >= 15 is 0 Å². The van der Waals surface area contributed by atoms with Crippen LogP contribution in [0.4, 0.5) is 5.69 Å². The second-order valence-electron chi connectivity index (χ2n) is 3.83. The fourth-order valence-corrected chi connectivity index (χ4v) is 1.87. The van der Waals surface area contributed by atoms with E-state index in [2.05, 4.69) is 10.3 Å². The third kappa shape index (κ3) is 2.45. The lowest BCUT2D eigenvalue weighted by molar-refractivity contribution is -0.117. The Bertz CT molecular complexity index is 428. The zero-order valence-corrected chi connectivity index (χ0v) is 9.60. The number of hydroxylamine groups is 1. The van der Waals surface area contributed by atoms with E-state index in [1.165, 1.54) is 7.11 Å². The molecule has 1 aromatic carbocycles. The number of amides is 2. The highest BCUT2D eigenvalue weighted by Gasteiger charge is 2.21. The molecule has 5 heteroatoms. The van der Waals surface area contributed by atoms with Gasteiger partial charge in [0.2, 0.25) is 5.91 Å². The number of anilines is 1. The summed E-state index contributed by atoms with van der Waals surface area (Å²) in [5.74, 6) is -0.161. The molecule has 5 nitrogen and oxygen atoms in total. The fraction of sp³-hybridized carbons (Fsp3) is 0.333. The lowest BCUT2D eigenvalue weighted by Gasteiger charge is -2.15. The van der Waals surface area contributed by atoms with E-state index < -0.39 is 0 Å². The maximum absolute atomic E-state index is 11.5. The molecule has 0 aliphatic carbocycles. The van der Waals surface area contributed by atoms with Crippen molar-refractivity contribution in [3.63, 3.8) is 0 Å². The van der Waals surface area contributed by atoms with Gasteiger partial charge in [-0.3, -0.25) is 14.4 Å². The number of nitrogens with zero attached hydrogens (tertiary/aromatic N) is 1. The van der Waals surface area contributed by atoms with E-state index in [0.29, 0.717) is 12.0 Å². The first-order chi connectivity index (χ1) is 8.22. The third-order valence-corrected chi connectivity index (χ3v) is 2.71. The van der Waals surface area contributed by atoms with E-state index in [9.17, 15) is 9.59 Å². The van der Waals surface area contributed by atoms with E-state index in [-0.39, 0.29) is 11.8 Å². The van der Waals surface area contributed by atoms with Gasteiger partial charge in [-0.05, 0) is 30.7 Å². The first-order valence-electron chi connectivity index (χ1n) is 5.46. The van der Waals surface area contributed by atoms with Crippen LogP contribution in [0.1, 0.15) is 23.2 Å². The maximum atomic E-state index is 11.5. The lowest BCUT2D eigenvalue weighted by Crippen LogP contribution is -2.24. The Labute approximate surface area is 99.3 Å². The summed E-state index contributed by atoms with van der Waals surface area (Å²) in [6.07, 6.45) is 1.50. The molecule has 1 N–H and O–H groups in total. The number of carbonyl (C=O) groups excluding carboxylic acids is 2. The van der Waals surface area contributed by atoms with Gasteiger partial charge >= 0.3 is 0 Å². The number of hydrogen-bond acceptors (Lipinski definition) is 3. The van der Waals surface area contributed by atoms with Crippen LogP contribution in [0.15, 0.2) is 24.3 Å². The smallest absolute Gasteiger partial charge is 0.274 e. The highest BCUT2D eigenvalue weighted by molar-refractivity contribution is 5.97. The van der Waals surface area contributed by atoms with Gasteiger partial charge in [0.05, 0.1) is 7.11 Å². The standard InChI is InChI=1S/C12H14N2O3/c1-17-13-12(16)9-4-6-10(7-5-9)14-8-2-3-11(14)15/h4-7H,2-3,8H2,1H3,(H,13,16). The Hall–Kier alpha value is -1.88. The van der Waals surface area contributed by atoms with Crippen molar-refractivity contribution in [2.75, 3.05) is 18.6 Å². The number of hydrogen-bond donors (Lipinski definition) is 1. The second-order valence-corrected chi connectivity index (χ2v) is 3.83. The van der Waals surface area contributed by atoms with Crippen LogP contribution in [0.5, 0.6) is 0 Å². The number of benzene rings is 1. The Morgan fingerprint density at radius 3 is 2.59 bits per heavy atom. The van der Waals surface area contributed by atoms with Crippen molar-refractivity contribution in [2.45, 2.75) is 12.8 Å². The topological polar surface area (TPSA) is 58.6 Å². The first kappa shape index (κ1) is 11.6. The summed E-state index contributed by atoms with van der Waals surface area (Å²) in [6.45, 7) is 0.752. The van der Waals surface area contributed by atoms with Crippen LogP contribution in [0, 0.1) is 0 Å². The summed E-state index contributed by atoms with van der Waals surface area (Å²) < 4.78 is 0. The Balaban J connectivity index is 2.12. The van der Waals surface area contributed by atoms with Gasteiger partial charge in [0, 0.05) is 24.2 Å². The summed E-state index contributed by atoms with van der Waals surface area (Å²) in [5.41, 5.74) is 3.58. The minimum absolute atomic E-state index is 0.138. The monoisotopic (exact) mass is 234 g/mol. The molecule has 1 saturated heterocycles. The molecule has 90 valence electrons. The third-order valence-electron chi connectivity index (χ3n) is 2.71. The molecule has 0 unspecified atom stereocenters. The summed E-state index contributed by atoms with van der Waals surface area (Å²) in [6, 6.07) is 6.90. The molecule has 1 aromatic rings. The van der Waals surface area contributed by atoms with Crippen LogP contribution in [0.25, 0.3) is 0 Å². The van der Waals surface area contributed by atoms with Crippen LogP contribution < -0.4 is 10.4 Å². The summed E-state index contributed by atoms with van der Waals surface area (Å²) in [7, 11) is 1.38. The van der Waals surface area contributed by atoms with Crippen LogP contribution in [0.3, 0.4) is 0 Å². The maximum Gasteiger partial charge on any atom is 0.274 e. The van der Waals surface area contributed by atoms with Crippen molar-refractivity contribution in [3.8, 4) is 0 Å². The first-order valence-corrected chi connectivity index (χ1v) is 5.46. The lowest BCUT2D eigenvalue weighted by atomic mass is 10.2. The van der Waals surface area contributed by atoms with Crippen molar-refractivity contribution >= 4 is 17.5 Å². The molecule has 1 heterocycles. The highest BCUT2D eigenvalue weighted by Crippen LogP contribution is 2.21. The highest BCUT2D eigenvalue weighted by atomic mass is 16.6. The van der Waals surface area contributed by atoms with Gasteiger partial charge in [-0.25, -0.2) is 5.48 Å². The molecule has 1 aliphatic heterocycles. The molecule has 2 amide bonds. The average molecular weight is 234 g/mol. The van der Waals surface area contributed by atoms with Crippen LogP contribution in [-0.4, -0.2) is 25.5 Å². The van der Waals surface area contributed by atoms with Gasteiger partial charge in [-0.15, -0.1) is 0 Å². The van der Waals surface area contributed by atoms with Crippen LogP contribution in [0.2, 0.25) is 0 Å². The Morgan fingerprint density at radius 1 is 1.35 bits per heavy atom. The average Bonchev–Trinajstić information content (AvgIpc) is 2.76. The summed E-state index contributed by atoms with van der Waals surface area (Å²) in [4.78, 5) is 29.2. The van der Waals surface area contributed by atoms with Gasteiger partial charge in [0.1, 0.15) is 0 Å². The molecule has 0 bridgehead atoms. The largest absolute Gasteiger partial charge is 0.312 e. The van der Waals surface area contributed by atoms with Crippen molar-refractivity contribution in [1.29, 1.82) is 0 Å². The van der Waals surface area contributed by atoms with Crippen LogP contribution >= 0.6 is 0 Å². The molecule has 17 heavy (non-hydrogen) atoms. The molecule has 0 atom stereocenters. The number of rotatable bonds is 3. The van der Waals surface area contributed by atoms with Gasteiger partial charge in [0.25, 0.3) is 5.91 Å². The van der Waals surface area contributed by atoms with E-state index in [0.717, 1.165) is 18.7 Å². The molecule has 0 radical (unpaired) electrons. The zero-order chi connectivity index (χ0) is 12.3. The molecule has 0 spiro atoms. The molecule has 0 aromatic heterocycles. The molecule has 1 fully saturated rings. The number of nitrogens with one attached hydrogen (secondary N) is 1. The summed E-state index contributed by atoms with van der Waals surface area (Å²) in [5, 5.41) is 0. The van der Waals surface area contributed by atoms with Gasteiger partial charge in [0.15, 0.2) is 0 Å². The Kier molecular flexibility index (Phi) is 3.39. The van der Waals surface area contributed by atoms with E-state index in [1.807, 2.05) is 0 Å². The molecular weight excluding hydrogens is 220 g/mol.